The largest absolute Gasteiger partial charge is 0.312 e. The molecule has 6 nitrogen and oxygen atoms in total. The van der Waals surface area contributed by atoms with Gasteiger partial charge in [0.15, 0.2) is 0 Å². The standard InChI is InChI=1S/C23H19ClN4O2/c1-27(21-11-5-4-10-19(21)24)22(29)15-28-23(30)18-9-3-2-8-17(18)20(26-28)13-16-7-6-12-25-14-16/h2-12,14H,13,15H2,1H3. The molecule has 150 valence electrons. The molecule has 2 aromatic carbocycles. The second-order valence-corrected chi connectivity index (χ2v) is 7.30. The fourth-order valence-electron chi connectivity index (χ4n) is 3.33. The Bertz CT molecular complexity index is 1270. The van der Waals surface area contributed by atoms with Gasteiger partial charge in [-0.15, -0.1) is 0 Å². The Kier molecular flexibility index (Phi) is 5.59. The molecule has 4 rings (SSSR count). The maximum Gasteiger partial charge on any atom is 0.275 e. The monoisotopic (exact) mass is 418 g/mol. The first kappa shape index (κ1) is 19.8. The van der Waals surface area contributed by atoms with Crippen molar-refractivity contribution >= 4 is 34.0 Å². The summed E-state index contributed by atoms with van der Waals surface area (Å²) in [5.74, 6) is -0.291. The second-order valence-electron chi connectivity index (χ2n) is 6.90. The fraction of sp³-hybridized carbons (Fsp3) is 0.130. The molecule has 4 aromatic rings. The van der Waals surface area contributed by atoms with Crippen LogP contribution in [0.25, 0.3) is 10.8 Å². The van der Waals surface area contributed by atoms with Crippen LogP contribution in [0, 0.1) is 0 Å². The maximum absolute atomic E-state index is 13.0. The number of likely N-dealkylation sites (N-methyl/N-ethyl adjacent to an activating group) is 1. The third-order valence-corrected chi connectivity index (χ3v) is 5.23. The van der Waals surface area contributed by atoms with Gasteiger partial charge in [0.1, 0.15) is 6.54 Å². The lowest BCUT2D eigenvalue weighted by Crippen LogP contribution is -2.35. The van der Waals surface area contributed by atoms with Crippen LogP contribution in [0.5, 0.6) is 0 Å². The average molecular weight is 419 g/mol. The molecule has 0 N–H and O–H groups in total. The number of hydrogen-bond acceptors (Lipinski definition) is 4. The molecule has 0 spiro atoms. The topological polar surface area (TPSA) is 68.1 Å². The van der Waals surface area contributed by atoms with E-state index in [4.69, 9.17) is 11.6 Å². The van der Waals surface area contributed by atoms with Gasteiger partial charge in [-0.3, -0.25) is 14.6 Å². The Morgan fingerprint density at radius 1 is 1.03 bits per heavy atom. The number of pyridine rings is 1. The quantitative estimate of drug-likeness (QED) is 0.495. The van der Waals surface area contributed by atoms with Gasteiger partial charge >= 0.3 is 0 Å². The minimum atomic E-state index is -0.304. The predicted molar refractivity (Wildman–Crippen MR) is 118 cm³/mol. The molecule has 0 aliphatic carbocycles. The highest BCUT2D eigenvalue weighted by Crippen LogP contribution is 2.24. The van der Waals surface area contributed by atoms with Crippen LogP contribution in [-0.2, 0) is 17.8 Å². The second kappa shape index (κ2) is 8.47. The number of rotatable bonds is 5. The van der Waals surface area contributed by atoms with Crippen LogP contribution >= 0.6 is 11.6 Å². The molecule has 2 heterocycles. The Hall–Kier alpha value is -3.51. The number of carbonyl (C=O) groups excluding carboxylic acids is 1. The molecule has 2 aromatic heterocycles. The summed E-state index contributed by atoms with van der Waals surface area (Å²) in [6.45, 7) is -0.189. The van der Waals surface area contributed by atoms with Gasteiger partial charge in [-0.1, -0.05) is 48.0 Å². The average Bonchev–Trinajstić information content (AvgIpc) is 2.77. The number of aromatic nitrogens is 3. The molecular formula is C23H19ClN4O2. The number of amides is 1. The van der Waals surface area contributed by atoms with Gasteiger partial charge in [-0.25, -0.2) is 4.68 Å². The van der Waals surface area contributed by atoms with E-state index in [1.54, 1.807) is 55.8 Å². The summed E-state index contributed by atoms with van der Waals surface area (Å²) in [5.41, 5.74) is 1.96. The first-order valence-corrected chi connectivity index (χ1v) is 9.81. The first-order chi connectivity index (χ1) is 14.5. The zero-order valence-corrected chi connectivity index (χ0v) is 17.1. The van der Waals surface area contributed by atoms with Crippen LogP contribution in [0.2, 0.25) is 5.02 Å². The predicted octanol–water partition coefficient (Wildman–Crippen LogP) is 3.70. The minimum Gasteiger partial charge on any atom is -0.312 e. The van der Waals surface area contributed by atoms with Crippen LogP contribution in [0.1, 0.15) is 11.3 Å². The fourth-order valence-corrected chi connectivity index (χ4v) is 3.59. The van der Waals surface area contributed by atoms with Gasteiger partial charge in [-0.2, -0.15) is 5.10 Å². The molecule has 0 saturated carbocycles. The molecule has 0 unspecified atom stereocenters. The number of halogens is 1. The van der Waals surface area contributed by atoms with Gasteiger partial charge in [0.25, 0.3) is 5.56 Å². The van der Waals surface area contributed by atoms with Crippen molar-refractivity contribution in [1.82, 2.24) is 14.8 Å². The highest BCUT2D eigenvalue weighted by atomic mass is 35.5. The maximum atomic E-state index is 13.0. The zero-order chi connectivity index (χ0) is 21.1. The summed E-state index contributed by atoms with van der Waals surface area (Å²) in [7, 11) is 1.63. The van der Waals surface area contributed by atoms with Crippen molar-refractivity contribution in [2.75, 3.05) is 11.9 Å². The molecule has 0 saturated heterocycles. The van der Waals surface area contributed by atoms with Crippen LogP contribution < -0.4 is 10.5 Å². The van der Waals surface area contributed by atoms with Crippen molar-refractivity contribution < 1.29 is 4.79 Å². The molecule has 1 amide bonds. The molecule has 0 aliphatic rings. The molecular weight excluding hydrogens is 400 g/mol. The molecule has 7 heteroatoms. The minimum absolute atomic E-state index is 0.189. The van der Waals surface area contributed by atoms with Gasteiger partial charge in [0.2, 0.25) is 5.91 Å². The summed E-state index contributed by atoms with van der Waals surface area (Å²) in [4.78, 5) is 31.4. The van der Waals surface area contributed by atoms with E-state index in [9.17, 15) is 9.59 Å². The molecule has 30 heavy (non-hydrogen) atoms. The molecule has 0 aliphatic heterocycles. The van der Waals surface area contributed by atoms with Gasteiger partial charge in [0, 0.05) is 31.2 Å². The van der Waals surface area contributed by atoms with Crippen molar-refractivity contribution in [2.24, 2.45) is 0 Å². The van der Waals surface area contributed by atoms with E-state index in [2.05, 4.69) is 10.1 Å². The first-order valence-electron chi connectivity index (χ1n) is 9.43. The lowest BCUT2D eigenvalue weighted by molar-refractivity contribution is -0.119. The third-order valence-electron chi connectivity index (χ3n) is 4.91. The van der Waals surface area contributed by atoms with E-state index < -0.39 is 0 Å². The highest BCUT2D eigenvalue weighted by molar-refractivity contribution is 6.33. The van der Waals surface area contributed by atoms with Crippen LogP contribution in [0.3, 0.4) is 0 Å². The van der Waals surface area contributed by atoms with E-state index in [0.717, 1.165) is 10.9 Å². The van der Waals surface area contributed by atoms with Crippen molar-refractivity contribution in [1.29, 1.82) is 0 Å². The number of nitrogens with zero attached hydrogens (tertiary/aromatic N) is 4. The Morgan fingerprint density at radius 2 is 1.77 bits per heavy atom. The summed E-state index contributed by atoms with van der Waals surface area (Å²) in [6, 6.07) is 18.2. The van der Waals surface area contributed by atoms with Crippen LogP contribution in [0.4, 0.5) is 5.69 Å². The van der Waals surface area contributed by atoms with E-state index >= 15 is 0 Å². The van der Waals surface area contributed by atoms with Gasteiger partial charge < -0.3 is 4.90 Å². The van der Waals surface area contributed by atoms with Crippen molar-refractivity contribution in [3.05, 3.63) is 99.7 Å². The van der Waals surface area contributed by atoms with E-state index in [-0.39, 0.29) is 18.0 Å². The summed E-state index contributed by atoms with van der Waals surface area (Å²) < 4.78 is 1.23. The van der Waals surface area contributed by atoms with E-state index in [1.807, 2.05) is 24.3 Å². The number of anilines is 1. The number of para-hydroxylation sites is 1. The lowest BCUT2D eigenvalue weighted by atomic mass is 10.1. The zero-order valence-electron chi connectivity index (χ0n) is 16.3. The van der Waals surface area contributed by atoms with E-state index in [0.29, 0.717) is 28.2 Å². The van der Waals surface area contributed by atoms with Crippen LogP contribution in [0.15, 0.2) is 77.9 Å². The number of carbonyl (C=O) groups is 1. The normalized spacial score (nSPS) is 10.9. The number of benzene rings is 2. The third kappa shape index (κ3) is 3.95. The van der Waals surface area contributed by atoms with Crippen molar-refractivity contribution in [3.63, 3.8) is 0 Å². The lowest BCUT2D eigenvalue weighted by Gasteiger charge is -2.19. The highest BCUT2D eigenvalue weighted by Gasteiger charge is 2.18. The molecule has 0 radical (unpaired) electrons. The summed E-state index contributed by atoms with van der Waals surface area (Å²) in [5, 5.41) is 6.29. The molecule has 0 fully saturated rings. The van der Waals surface area contributed by atoms with E-state index in [1.165, 1.54) is 9.58 Å². The van der Waals surface area contributed by atoms with Gasteiger partial charge in [0.05, 0.1) is 21.8 Å². The Balaban J connectivity index is 1.72. The number of fused-ring (bicyclic) bond motifs is 1. The smallest absolute Gasteiger partial charge is 0.275 e. The Morgan fingerprint density at radius 3 is 2.50 bits per heavy atom. The van der Waals surface area contributed by atoms with Crippen molar-refractivity contribution in [3.8, 4) is 0 Å². The van der Waals surface area contributed by atoms with Gasteiger partial charge in [-0.05, 0) is 29.8 Å². The van der Waals surface area contributed by atoms with Crippen molar-refractivity contribution in [2.45, 2.75) is 13.0 Å². The molecule has 0 bridgehead atoms. The summed E-state index contributed by atoms with van der Waals surface area (Å²) >= 11 is 6.21. The number of hydrogen-bond donors (Lipinski definition) is 0. The summed E-state index contributed by atoms with van der Waals surface area (Å²) in [6.07, 6.45) is 3.98. The van der Waals surface area contributed by atoms with Crippen LogP contribution in [-0.4, -0.2) is 27.7 Å². The SMILES string of the molecule is CN(C(=O)Cn1nc(Cc2cccnc2)c2ccccc2c1=O)c1ccccc1Cl. The Labute approximate surface area is 178 Å². The molecule has 0 atom stereocenters.